The first-order valence-corrected chi connectivity index (χ1v) is 9.01. The van der Waals surface area contributed by atoms with Gasteiger partial charge in [-0.2, -0.15) is 0 Å². The molecule has 2 aliphatic heterocycles. The predicted octanol–water partition coefficient (Wildman–Crippen LogP) is 0.127. The van der Waals surface area contributed by atoms with E-state index < -0.39 is 35.8 Å². The Kier molecular flexibility index (Phi) is 7.72. The quantitative estimate of drug-likeness (QED) is 0.411. The first kappa shape index (κ1) is 21.1. The van der Waals surface area contributed by atoms with E-state index in [0.717, 1.165) is 12.8 Å². The highest BCUT2D eigenvalue weighted by atomic mass is 16.7. The maximum Gasteiger partial charge on any atom is 0.432 e. The molecule has 154 valence electrons. The minimum absolute atomic E-state index is 0.0400. The van der Waals surface area contributed by atoms with Crippen molar-refractivity contribution in [1.29, 1.82) is 0 Å². The van der Waals surface area contributed by atoms with Gasteiger partial charge in [-0.3, -0.25) is 19.2 Å². The predicted molar refractivity (Wildman–Crippen MR) is 89.6 cm³/mol. The van der Waals surface area contributed by atoms with Crippen molar-refractivity contribution in [3.8, 4) is 0 Å². The lowest BCUT2D eigenvalue weighted by Crippen LogP contribution is -2.37. The molecule has 0 aliphatic carbocycles. The van der Waals surface area contributed by atoms with Gasteiger partial charge in [0, 0.05) is 38.8 Å². The summed E-state index contributed by atoms with van der Waals surface area (Å²) in [6.45, 7) is 0.618. The van der Waals surface area contributed by atoms with Crippen LogP contribution in [0.4, 0.5) is 9.59 Å². The van der Waals surface area contributed by atoms with Crippen LogP contribution in [-0.4, -0.2) is 59.0 Å². The summed E-state index contributed by atoms with van der Waals surface area (Å²) in [4.78, 5) is 77.5. The molecule has 0 unspecified atom stereocenters. The molecule has 6 amide bonds. The fourth-order valence-electron chi connectivity index (χ4n) is 2.53. The third-order valence-electron chi connectivity index (χ3n) is 4.00. The largest absolute Gasteiger partial charge is 0.432 e. The van der Waals surface area contributed by atoms with Gasteiger partial charge in [-0.15, -0.1) is 10.1 Å². The minimum Gasteiger partial charge on any atom is -0.320 e. The van der Waals surface area contributed by atoms with E-state index in [1.54, 1.807) is 0 Å². The summed E-state index contributed by atoms with van der Waals surface area (Å²) in [6, 6.07) is 0. The Balaban J connectivity index is 1.45. The Morgan fingerprint density at radius 2 is 0.964 bits per heavy atom. The van der Waals surface area contributed by atoms with Crippen LogP contribution in [0.15, 0.2) is 0 Å². The second kappa shape index (κ2) is 10.2. The van der Waals surface area contributed by atoms with Crippen molar-refractivity contribution in [3.05, 3.63) is 0 Å². The van der Waals surface area contributed by atoms with E-state index >= 15 is 0 Å². The lowest BCUT2D eigenvalue weighted by Gasteiger charge is -2.13. The highest BCUT2D eigenvalue weighted by molar-refractivity contribution is 6.02. The second-order valence-electron chi connectivity index (χ2n) is 6.19. The molecule has 2 saturated heterocycles. The molecule has 12 heteroatoms. The number of hydroxylamine groups is 4. The van der Waals surface area contributed by atoms with Crippen LogP contribution in [0.5, 0.6) is 0 Å². The maximum absolute atomic E-state index is 11.5. The molecular weight excluding hydrogens is 376 g/mol. The van der Waals surface area contributed by atoms with Gasteiger partial charge in [-0.05, 0) is 12.8 Å². The van der Waals surface area contributed by atoms with Gasteiger partial charge in [0.15, 0.2) is 0 Å². The van der Waals surface area contributed by atoms with E-state index in [0.29, 0.717) is 36.1 Å². The Hall–Kier alpha value is -3.18. The number of amides is 6. The number of hydrogen-bond donors (Lipinski definition) is 2. The van der Waals surface area contributed by atoms with Crippen LogP contribution >= 0.6 is 0 Å². The molecule has 0 atom stereocenters. The number of hydrogen-bond acceptors (Lipinski definition) is 8. The Bertz CT molecular complexity index is 577. The number of nitrogens with one attached hydrogen (secondary N) is 2. The fraction of sp³-hybridized carbons (Fsp3) is 0.625. The number of rotatable bonds is 9. The molecule has 0 bridgehead atoms. The molecule has 2 aliphatic rings. The van der Waals surface area contributed by atoms with Gasteiger partial charge in [-0.1, -0.05) is 12.8 Å². The molecule has 2 N–H and O–H groups in total. The van der Waals surface area contributed by atoms with Crippen LogP contribution in [0.3, 0.4) is 0 Å². The molecular formula is C16H22N4O8. The van der Waals surface area contributed by atoms with Crippen molar-refractivity contribution in [3.63, 3.8) is 0 Å². The average Bonchev–Trinajstić information content (AvgIpc) is 3.14. The van der Waals surface area contributed by atoms with Gasteiger partial charge in [0.2, 0.25) is 0 Å². The SMILES string of the molecule is O=C(NCCCCCCNC(=O)ON1C(=O)CCC1=O)ON1C(=O)CCC1=O. The van der Waals surface area contributed by atoms with E-state index in [4.69, 9.17) is 0 Å². The summed E-state index contributed by atoms with van der Waals surface area (Å²) >= 11 is 0. The maximum atomic E-state index is 11.5. The average molecular weight is 398 g/mol. The number of carbonyl (C=O) groups excluding carboxylic acids is 6. The fourth-order valence-corrected chi connectivity index (χ4v) is 2.53. The molecule has 0 aromatic carbocycles. The summed E-state index contributed by atoms with van der Waals surface area (Å²) in [5.74, 6) is -2.15. The van der Waals surface area contributed by atoms with Gasteiger partial charge in [0.05, 0.1) is 0 Å². The number of nitrogens with zero attached hydrogens (tertiary/aromatic N) is 2. The van der Waals surface area contributed by atoms with Crippen molar-refractivity contribution in [2.45, 2.75) is 51.4 Å². The van der Waals surface area contributed by atoms with Crippen molar-refractivity contribution in [2.24, 2.45) is 0 Å². The van der Waals surface area contributed by atoms with Gasteiger partial charge in [0.25, 0.3) is 23.6 Å². The summed E-state index contributed by atoms with van der Waals surface area (Å²) in [5, 5.41) is 5.84. The van der Waals surface area contributed by atoms with Gasteiger partial charge in [0.1, 0.15) is 0 Å². The zero-order valence-corrected chi connectivity index (χ0v) is 15.2. The smallest absolute Gasteiger partial charge is 0.320 e. The van der Waals surface area contributed by atoms with E-state index in [9.17, 15) is 28.8 Å². The first-order chi connectivity index (χ1) is 13.4. The molecule has 2 fully saturated rings. The van der Waals surface area contributed by atoms with E-state index in [-0.39, 0.29) is 25.7 Å². The second-order valence-corrected chi connectivity index (χ2v) is 6.19. The third-order valence-corrected chi connectivity index (χ3v) is 4.00. The Morgan fingerprint density at radius 1 is 0.643 bits per heavy atom. The molecule has 28 heavy (non-hydrogen) atoms. The molecule has 2 rings (SSSR count). The van der Waals surface area contributed by atoms with Crippen molar-refractivity contribution in [1.82, 2.24) is 20.8 Å². The summed E-state index contributed by atoms with van der Waals surface area (Å²) < 4.78 is 0. The zero-order valence-electron chi connectivity index (χ0n) is 15.2. The van der Waals surface area contributed by atoms with Crippen LogP contribution in [0.25, 0.3) is 0 Å². The van der Waals surface area contributed by atoms with E-state index in [2.05, 4.69) is 20.3 Å². The minimum atomic E-state index is -0.862. The van der Waals surface area contributed by atoms with Crippen LogP contribution in [0.2, 0.25) is 0 Å². The summed E-state index contributed by atoms with van der Waals surface area (Å²) in [6.07, 6.45) is 1.21. The molecule has 0 aromatic rings. The summed E-state index contributed by atoms with van der Waals surface area (Å²) in [5.41, 5.74) is 0. The van der Waals surface area contributed by atoms with Gasteiger partial charge in [-0.25, -0.2) is 9.59 Å². The van der Waals surface area contributed by atoms with Crippen molar-refractivity contribution < 1.29 is 38.4 Å². The van der Waals surface area contributed by atoms with E-state index in [1.165, 1.54) is 0 Å². The highest BCUT2D eigenvalue weighted by Gasteiger charge is 2.33. The lowest BCUT2D eigenvalue weighted by atomic mass is 10.2. The lowest BCUT2D eigenvalue weighted by molar-refractivity contribution is -0.172. The Labute approximate surface area is 160 Å². The molecule has 2 heterocycles. The van der Waals surface area contributed by atoms with Crippen molar-refractivity contribution in [2.75, 3.05) is 13.1 Å². The number of unbranched alkanes of at least 4 members (excludes halogenated alkanes) is 3. The number of carbonyl (C=O) groups is 6. The van der Waals surface area contributed by atoms with E-state index in [1.807, 2.05) is 0 Å². The van der Waals surface area contributed by atoms with Crippen LogP contribution in [-0.2, 0) is 28.9 Å². The van der Waals surface area contributed by atoms with Crippen molar-refractivity contribution >= 4 is 35.8 Å². The topological polar surface area (TPSA) is 151 Å². The Morgan fingerprint density at radius 3 is 1.29 bits per heavy atom. The molecule has 12 nitrogen and oxygen atoms in total. The normalized spacial score (nSPS) is 16.6. The molecule has 0 saturated carbocycles. The van der Waals surface area contributed by atoms with Crippen LogP contribution in [0.1, 0.15) is 51.4 Å². The standard InChI is InChI=1S/C16H22N4O8/c21-11-5-6-12(22)19(11)27-15(25)17-9-3-1-2-4-10-18-16(26)28-20-13(23)7-8-14(20)24/h1-10H2,(H,17,25)(H,18,26). The summed E-state index contributed by atoms with van der Waals surface area (Å²) in [7, 11) is 0. The van der Waals surface area contributed by atoms with Crippen LogP contribution in [0, 0.1) is 0 Å². The highest BCUT2D eigenvalue weighted by Crippen LogP contribution is 2.12. The molecule has 0 spiro atoms. The van der Waals surface area contributed by atoms with Crippen LogP contribution < -0.4 is 10.6 Å². The van der Waals surface area contributed by atoms with Gasteiger partial charge < -0.3 is 20.3 Å². The molecule has 0 aromatic heterocycles. The van der Waals surface area contributed by atoms with Gasteiger partial charge >= 0.3 is 12.2 Å². The monoisotopic (exact) mass is 398 g/mol. The zero-order chi connectivity index (χ0) is 20.5. The first-order valence-electron chi connectivity index (χ1n) is 9.01. The third kappa shape index (κ3) is 6.21. The molecule has 0 radical (unpaired) electrons. The number of imide groups is 2.